The predicted molar refractivity (Wildman–Crippen MR) is 72.7 cm³/mol. The third-order valence-electron chi connectivity index (χ3n) is 4.65. The van der Waals surface area contributed by atoms with Crippen LogP contribution in [-0.2, 0) is 9.53 Å². The van der Waals surface area contributed by atoms with Crippen LogP contribution in [0.25, 0.3) is 0 Å². The van der Waals surface area contributed by atoms with E-state index < -0.39 is 0 Å². The first kappa shape index (κ1) is 14.0. The van der Waals surface area contributed by atoms with Crippen LogP contribution in [0.4, 0.5) is 0 Å². The average molecular weight is 253 g/mol. The summed E-state index contributed by atoms with van der Waals surface area (Å²) in [5.41, 5.74) is 0.103. The number of hydrogen-bond acceptors (Lipinski definition) is 3. The highest BCUT2D eigenvalue weighted by Crippen LogP contribution is 2.31. The molecule has 0 aromatic heterocycles. The van der Waals surface area contributed by atoms with Gasteiger partial charge in [0.2, 0.25) is 0 Å². The van der Waals surface area contributed by atoms with Crippen LogP contribution < -0.4 is 5.32 Å². The predicted octanol–water partition coefficient (Wildman–Crippen LogP) is 2.83. The van der Waals surface area contributed by atoms with Crippen molar-refractivity contribution in [3.05, 3.63) is 0 Å². The van der Waals surface area contributed by atoms with Gasteiger partial charge in [0.1, 0.15) is 5.78 Å². The van der Waals surface area contributed by atoms with Gasteiger partial charge in [0.25, 0.3) is 0 Å². The largest absolute Gasteiger partial charge is 0.378 e. The van der Waals surface area contributed by atoms with E-state index in [2.05, 4.69) is 5.32 Å². The van der Waals surface area contributed by atoms with E-state index in [1.807, 2.05) is 7.05 Å². The molecule has 3 heteroatoms. The first-order chi connectivity index (χ1) is 8.74. The van der Waals surface area contributed by atoms with Gasteiger partial charge < -0.3 is 10.1 Å². The molecule has 18 heavy (non-hydrogen) atoms. The Bertz CT molecular complexity index is 266. The lowest BCUT2D eigenvalue weighted by atomic mass is 9.78. The third kappa shape index (κ3) is 3.79. The Morgan fingerprint density at radius 2 is 2.06 bits per heavy atom. The number of ketones is 1. The first-order valence-corrected chi connectivity index (χ1v) is 7.56. The Balaban J connectivity index is 1.74. The zero-order chi connectivity index (χ0) is 12.8. The molecule has 0 aromatic carbocycles. The van der Waals surface area contributed by atoms with Gasteiger partial charge in [-0.2, -0.15) is 0 Å². The molecule has 1 aliphatic carbocycles. The fourth-order valence-corrected chi connectivity index (χ4v) is 3.40. The molecule has 1 N–H and O–H groups in total. The summed E-state index contributed by atoms with van der Waals surface area (Å²) in [5, 5.41) is 3.42. The first-order valence-electron chi connectivity index (χ1n) is 7.56. The van der Waals surface area contributed by atoms with E-state index >= 15 is 0 Å². The van der Waals surface area contributed by atoms with Crippen LogP contribution in [0.5, 0.6) is 0 Å². The SMILES string of the molecule is CNC1(CC(=O)CCC2CCCO2)CCCCC1. The number of ether oxygens (including phenoxy) is 1. The van der Waals surface area contributed by atoms with Crippen molar-refractivity contribution in [1.82, 2.24) is 5.32 Å². The molecule has 0 bridgehead atoms. The quantitative estimate of drug-likeness (QED) is 0.791. The number of carbonyl (C=O) groups excluding carboxylic acids is 1. The maximum absolute atomic E-state index is 12.1. The lowest BCUT2D eigenvalue weighted by molar-refractivity contribution is -0.121. The number of rotatable bonds is 6. The molecule has 1 atom stereocenters. The van der Waals surface area contributed by atoms with Crippen LogP contribution in [0.2, 0.25) is 0 Å². The van der Waals surface area contributed by atoms with Gasteiger partial charge in [-0.1, -0.05) is 19.3 Å². The molecular weight excluding hydrogens is 226 g/mol. The van der Waals surface area contributed by atoms with Crippen molar-refractivity contribution < 1.29 is 9.53 Å². The minimum absolute atomic E-state index is 0.103. The topological polar surface area (TPSA) is 38.3 Å². The Labute approximate surface area is 111 Å². The summed E-state index contributed by atoms with van der Waals surface area (Å²) in [5.74, 6) is 0.418. The Morgan fingerprint density at radius 3 is 2.67 bits per heavy atom. The minimum atomic E-state index is 0.103. The molecule has 1 aliphatic heterocycles. The highest BCUT2D eigenvalue weighted by atomic mass is 16.5. The van der Waals surface area contributed by atoms with Crippen molar-refractivity contribution in [3.63, 3.8) is 0 Å². The molecule has 2 fully saturated rings. The molecule has 3 nitrogen and oxygen atoms in total. The molecule has 2 aliphatic rings. The van der Waals surface area contributed by atoms with Gasteiger partial charge in [0.05, 0.1) is 6.10 Å². The van der Waals surface area contributed by atoms with Crippen LogP contribution >= 0.6 is 0 Å². The fraction of sp³-hybridized carbons (Fsp3) is 0.933. The molecule has 2 rings (SSSR count). The zero-order valence-electron chi connectivity index (χ0n) is 11.7. The summed E-state index contributed by atoms with van der Waals surface area (Å²) < 4.78 is 5.58. The molecule has 0 radical (unpaired) electrons. The summed E-state index contributed by atoms with van der Waals surface area (Å²) >= 11 is 0. The maximum atomic E-state index is 12.1. The lowest BCUT2D eigenvalue weighted by Gasteiger charge is -2.36. The standard InChI is InChI=1S/C15H27NO2/c1-16-15(9-3-2-4-10-15)12-13(17)7-8-14-6-5-11-18-14/h14,16H,2-12H2,1H3. The van der Waals surface area contributed by atoms with E-state index in [0.29, 0.717) is 18.3 Å². The second-order valence-electron chi connectivity index (χ2n) is 5.98. The smallest absolute Gasteiger partial charge is 0.134 e. The molecule has 1 saturated heterocycles. The Morgan fingerprint density at radius 1 is 1.28 bits per heavy atom. The zero-order valence-corrected chi connectivity index (χ0v) is 11.7. The van der Waals surface area contributed by atoms with E-state index in [4.69, 9.17) is 4.74 Å². The molecule has 0 aromatic rings. The van der Waals surface area contributed by atoms with Crippen LogP contribution in [0.15, 0.2) is 0 Å². The molecule has 1 heterocycles. The van der Waals surface area contributed by atoms with E-state index in [1.165, 1.54) is 25.7 Å². The van der Waals surface area contributed by atoms with Gasteiger partial charge in [-0.25, -0.2) is 0 Å². The molecule has 1 unspecified atom stereocenters. The maximum Gasteiger partial charge on any atom is 0.134 e. The Hall–Kier alpha value is -0.410. The minimum Gasteiger partial charge on any atom is -0.378 e. The van der Waals surface area contributed by atoms with Crippen molar-refractivity contribution >= 4 is 5.78 Å². The summed E-state index contributed by atoms with van der Waals surface area (Å²) in [6.45, 7) is 0.888. The average Bonchev–Trinajstić information content (AvgIpc) is 2.91. The summed E-state index contributed by atoms with van der Waals surface area (Å²) in [4.78, 5) is 12.1. The van der Waals surface area contributed by atoms with Gasteiger partial charge in [-0.05, 0) is 39.2 Å². The highest BCUT2D eigenvalue weighted by Gasteiger charge is 2.32. The van der Waals surface area contributed by atoms with Gasteiger partial charge in [0, 0.05) is 25.0 Å². The molecule has 104 valence electrons. The van der Waals surface area contributed by atoms with Crippen molar-refractivity contribution in [3.8, 4) is 0 Å². The summed E-state index contributed by atoms with van der Waals surface area (Å²) in [6.07, 6.45) is 11.2. The normalized spacial score (nSPS) is 27.3. The van der Waals surface area contributed by atoms with Crippen molar-refractivity contribution in [2.45, 2.75) is 75.9 Å². The molecule has 0 spiro atoms. The molecular formula is C15H27NO2. The van der Waals surface area contributed by atoms with Crippen molar-refractivity contribution in [2.24, 2.45) is 0 Å². The number of carbonyl (C=O) groups is 1. The van der Waals surface area contributed by atoms with Gasteiger partial charge >= 0.3 is 0 Å². The second-order valence-corrected chi connectivity index (χ2v) is 5.98. The van der Waals surface area contributed by atoms with Crippen LogP contribution in [0.3, 0.4) is 0 Å². The summed E-state index contributed by atoms with van der Waals surface area (Å²) in [6, 6.07) is 0. The number of nitrogens with one attached hydrogen (secondary N) is 1. The van der Waals surface area contributed by atoms with Crippen LogP contribution in [0.1, 0.15) is 64.2 Å². The Kier molecular flexibility index (Phi) is 5.19. The monoisotopic (exact) mass is 253 g/mol. The number of hydrogen-bond donors (Lipinski definition) is 1. The number of Topliss-reactive ketones (excluding diaryl/α,β-unsaturated/α-hetero) is 1. The van der Waals surface area contributed by atoms with Crippen molar-refractivity contribution in [1.29, 1.82) is 0 Å². The van der Waals surface area contributed by atoms with E-state index in [0.717, 1.165) is 38.7 Å². The lowest BCUT2D eigenvalue weighted by Crippen LogP contribution is -2.46. The van der Waals surface area contributed by atoms with Gasteiger partial charge in [-0.3, -0.25) is 4.79 Å². The van der Waals surface area contributed by atoms with E-state index in [9.17, 15) is 4.79 Å². The fourth-order valence-electron chi connectivity index (χ4n) is 3.40. The van der Waals surface area contributed by atoms with Gasteiger partial charge in [-0.15, -0.1) is 0 Å². The molecule has 0 amide bonds. The van der Waals surface area contributed by atoms with Crippen LogP contribution in [0, 0.1) is 0 Å². The van der Waals surface area contributed by atoms with Crippen molar-refractivity contribution in [2.75, 3.05) is 13.7 Å². The molecule has 1 saturated carbocycles. The van der Waals surface area contributed by atoms with Crippen LogP contribution in [-0.4, -0.2) is 31.1 Å². The van der Waals surface area contributed by atoms with E-state index in [1.54, 1.807) is 0 Å². The van der Waals surface area contributed by atoms with E-state index in [-0.39, 0.29) is 5.54 Å². The highest BCUT2D eigenvalue weighted by molar-refractivity contribution is 5.79. The third-order valence-corrected chi connectivity index (χ3v) is 4.65. The summed E-state index contributed by atoms with van der Waals surface area (Å²) in [7, 11) is 2.01. The van der Waals surface area contributed by atoms with Gasteiger partial charge in [0.15, 0.2) is 0 Å². The second kappa shape index (κ2) is 6.67.